The fraction of sp³-hybridized carbons (Fsp3) is 0.100. The number of anilines is 1. The third-order valence-corrected chi connectivity index (χ3v) is 5.18. The molecular weight excluding hydrogens is 233 g/mol. The Morgan fingerprint density at radius 1 is 1.27 bits per heavy atom. The second-order valence-corrected chi connectivity index (χ2v) is 5.77. The number of carbonyl (C=O) groups is 1. The average Bonchev–Trinajstić information content (AvgIpc) is 2.78. The van der Waals surface area contributed by atoms with Gasteiger partial charge in [-0.2, -0.15) is 0 Å². The predicted octanol–water partition coefficient (Wildman–Crippen LogP) is 2.88. The van der Waals surface area contributed by atoms with Crippen LogP contribution in [-0.4, -0.2) is 5.91 Å². The number of halogens is 1. The summed E-state index contributed by atoms with van der Waals surface area (Å²) in [6.07, 6.45) is 0. The van der Waals surface area contributed by atoms with Crippen molar-refractivity contribution in [3.05, 3.63) is 40.4 Å². The third-order valence-electron chi connectivity index (χ3n) is 2.41. The van der Waals surface area contributed by atoms with Gasteiger partial charge < -0.3 is 5.32 Å². The van der Waals surface area contributed by atoms with Crippen molar-refractivity contribution < 1.29 is 9.18 Å². The third kappa shape index (κ3) is 1.16. The van der Waals surface area contributed by atoms with Crippen molar-refractivity contribution in [1.82, 2.24) is 0 Å². The van der Waals surface area contributed by atoms with Gasteiger partial charge in [0.15, 0.2) is 4.08 Å². The van der Waals surface area contributed by atoms with E-state index in [9.17, 15) is 9.18 Å². The summed E-state index contributed by atoms with van der Waals surface area (Å²) in [6.45, 7) is 0. The molecule has 2 aliphatic rings. The summed E-state index contributed by atoms with van der Waals surface area (Å²) in [5.74, 6) is -0.388. The molecule has 1 N–H and O–H groups in total. The largest absolute Gasteiger partial charge is 0.323 e. The maximum absolute atomic E-state index is 13.1. The van der Waals surface area contributed by atoms with Gasteiger partial charge in [-0.15, -0.1) is 23.5 Å². The molecule has 5 heteroatoms. The van der Waals surface area contributed by atoms with Crippen molar-refractivity contribution in [3.8, 4) is 0 Å². The van der Waals surface area contributed by atoms with Gasteiger partial charge in [0.25, 0.3) is 5.91 Å². The molecule has 15 heavy (non-hydrogen) atoms. The maximum atomic E-state index is 13.1. The molecule has 2 aliphatic heterocycles. The van der Waals surface area contributed by atoms with Gasteiger partial charge in [-0.1, -0.05) is 0 Å². The molecule has 0 aromatic heterocycles. The summed E-state index contributed by atoms with van der Waals surface area (Å²) in [5.41, 5.74) is 1.44. The average molecular weight is 239 g/mol. The Balaban J connectivity index is 2.20. The van der Waals surface area contributed by atoms with Gasteiger partial charge in [0.2, 0.25) is 0 Å². The quantitative estimate of drug-likeness (QED) is 0.754. The molecular formula is C10H6FNOS2. The highest BCUT2D eigenvalue weighted by molar-refractivity contribution is 8.24. The lowest BCUT2D eigenvalue weighted by Gasteiger charge is -2.18. The van der Waals surface area contributed by atoms with Crippen LogP contribution < -0.4 is 5.32 Å². The minimum Gasteiger partial charge on any atom is -0.323 e. The smallest absolute Gasteiger partial charge is 0.256 e. The van der Waals surface area contributed by atoms with Crippen LogP contribution in [0.2, 0.25) is 0 Å². The second kappa shape index (κ2) is 3.02. The highest BCUT2D eigenvalue weighted by atomic mass is 32.2. The number of rotatable bonds is 0. The molecule has 0 fully saturated rings. The topological polar surface area (TPSA) is 29.1 Å². The van der Waals surface area contributed by atoms with Gasteiger partial charge in [0.1, 0.15) is 5.82 Å². The standard InChI is InChI=1S/C10H6FNOS2/c11-6-1-2-8-7(5-6)10(9(13)12-8)14-3-4-15-10/h1-5H,(H,12,13). The SMILES string of the molecule is O=C1Nc2ccc(F)cc2C12SC=CS2. The van der Waals surface area contributed by atoms with E-state index in [4.69, 9.17) is 0 Å². The summed E-state index contributed by atoms with van der Waals surface area (Å²) in [7, 11) is 0. The van der Waals surface area contributed by atoms with Crippen molar-refractivity contribution in [3.63, 3.8) is 0 Å². The zero-order valence-corrected chi connectivity index (χ0v) is 9.12. The molecule has 1 amide bonds. The zero-order valence-electron chi connectivity index (χ0n) is 7.49. The van der Waals surface area contributed by atoms with E-state index in [1.807, 2.05) is 10.8 Å². The van der Waals surface area contributed by atoms with Crippen LogP contribution in [0.1, 0.15) is 5.56 Å². The minimum atomic E-state index is -0.697. The predicted molar refractivity (Wildman–Crippen MR) is 61.0 cm³/mol. The van der Waals surface area contributed by atoms with E-state index in [2.05, 4.69) is 5.32 Å². The lowest BCUT2D eigenvalue weighted by molar-refractivity contribution is -0.116. The normalized spacial score (nSPS) is 20.7. The summed E-state index contributed by atoms with van der Waals surface area (Å²) in [6, 6.07) is 4.40. The molecule has 0 bridgehead atoms. The first-order valence-corrected chi connectivity index (χ1v) is 6.10. The first kappa shape index (κ1) is 9.30. The summed E-state index contributed by atoms with van der Waals surface area (Å²) < 4.78 is 12.5. The van der Waals surface area contributed by atoms with E-state index in [1.54, 1.807) is 6.07 Å². The lowest BCUT2D eigenvalue weighted by atomic mass is 10.1. The molecule has 2 nitrogen and oxygen atoms in total. The number of nitrogens with one attached hydrogen (secondary N) is 1. The first-order valence-electron chi connectivity index (χ1n) is 4.34. The molecule has 1 aromatic carbocycles. The van der Waals surface area contributed by atoms with Crippen LogP contribution in [0.15, 0.2) is 29.0 Å². The minimum absolute atomic E-state index is 0.0805. The highest BCUT2D eigenvalue weighted by Crippen LogP contribution is 2.58. The number of hydrogen-bond donors (Lipinski definition) is 1. The van der Waals surface area contributed by atoms with Crippen molar-refractivity contribution in [2.75, 3.05) is 5.32 Å². The van der Waals surface area contributed by atoms with E-state index in [0.29, 0.717) is 5.69 Å². The number of carbonyl (C=O) groups excluding carboxylic acids is 1. The summed E-state index contributed by atoms with van der Waals surface area (Å²) in [4.78, 5) is 11.9. The summed E-state index contributed by atoms with van der Waals surface area (Å²) in [5, 5.41) is 6.50. The molecule has 0 atom stereocenters. The Hall–Kier alpha value is -0.940. The van der Waals surface area contributed by atoms with E-state index >= 15 is 0 Å². The van der Waals surface area contributed by atoms with Gasteiger partial charge in [-0.25, -0.2) is 4.39 Å². The molecule has 0 saturated carbocycles. The number of hydrogen-bond acceptors (Lipinski definition) is 3. The van der Waals surface area contributed by atoms with Crippen molar-refractivity contribution >= 4 is 35.1 Å². The van der Waals surface area contributed by atoms with Crippen LogP contribution in [0.5, 0.6) is 0 Å². The van der Waals surface area contributed by atoms with Gasteiger partial charge in [0.05, 0.1) is 0 Å². The number of amides is 1. The van der Waals surface area contributed by atoms with Gasteiger partial charge >= 0.3 is 0 Å². The van der Waals surface area contributed by atoms with Crippen molar-refractivity contribution in [2.45, 2.75) is 4.08 Å². The fourth-order valence-electron chi connectivity index (χ4n) is 1.73. The maximum Gasteiger partial charge on any atom is 0.256 e. The molecule has 0 aliphatic carbocycles. The number of benzene rings is 1. The summed E-state index contributed by atoms with van der Waals surface area (Å²) >= 11 is 2.83. The first-order chi connectivity index (χ1) is 7.22. The van der Waals surface area contributed by atoms with E-state index in [-0.39, 0.29) is 11.7 Å². The second-order valence-electron chi connectivity index (χ2n) is 3.27. The van der Waals surface area contributed by atoms with Crippen molar-refractivity contribution in [1.29, 1.82) is 0 Å². The lowest BCUT2D eigenvalue weighted by Crippen LogP contribution is -2.24. The number of fused-ring (bicyclic) bond motifs is 2. The Morgan fingerprint density at radius 3 is 2.73 bits per heavy atom. The Bertz CT molecular complexity index is 478. The molecule has 0 radical (unpaired) electrons. The van der Waals surface area contributed by atoms with E-state index < -0.39 is 4.08 Å². The number of thioether (sulfide) groups is 2. The molecule has 1 aromatic rings. The van der Waals surface area contributed by atoms with Crippen LogP contribution >= 0.6 is 23.5 Å². The van der Waals surface area contributed by atoms with Crippen molar-refractivity contribution in [2.24, 2.45) is 0 Å². The monoisotopic (exact) mass is 239 g/mol. The molecule has 1 spiro atoms. The van der Waals surface area contributed by atoms with E-state index in [1.165, 1.54) is 35.7 Å². The highest BCUT2D eigenvalue weighted by Gasteiger charge is 2.49. The van der Waals surface area contributed by atoms with Crippen LogP contribution in [-0.2, 0) is 8.87 Å². The van der Waals surface area contributed by atoms with Crippen LogP contribution in [0.4, 0.5) is 10.1 Å². The van der Waals surface area contributed by atoms with Crippen LogP contribution in [0.3, 0.4) is 0 Å². The Labute approximate surface area is 94.3 Å². The fourth-order valence-corrected chi connectivity index (χ4v) is 4.02. The van der Waals surface area contributed by atoms with Gasteiger partial charge in [0, 0.05) is 11.3 Å². The molecule has 2 heterocycles. The van der Waals surface area contributed by atoms with Crippen LogP contribution in [0.25, 0.3) is 0 Å². The van der Waals surface area contributed by atoms with Crippen LogP contribution in [0, 0.1) is 5.82 Å². The van der Waals surface area contributed by atoms with E-state index in [0.717, 1.165) is 5.56 Å². The Kier molecular flexibility index (Phi) is 1.87. The van der Waals surface area contributed by atoms with Gasteiger partial charge in [-0.3, -0.25) is 4.79 Å². The van der Waals surface area contributed by atoms with Gasteiger partial charge in [-0.05, 0) is 29.0 Å². The Morgan fingerprint density at radius 2 is 2.00 bits per heavy atom. The molecule has 0 unspecified atom stereocenters. The molecule has 76 valence electrons. The zero-order chi connectivity index (χ0) is 10.5. The molecule has 3 rings (SSSR count). The molecule has 0 saturated heterocycles.